The molecule has 1 heteroatoms. The van der Waals surface area contributed by atoms with Gasteiger partial charge in [-0.2, -0.15) is 0 Å². The van der Waals surface area contributed by atoms with Crippen molar-refractivity contribution in [2.24, 2.45) is 23.7 Å². The second kappa shape index (κ2) is 4.18. The van der Waals surface area contributed by atoms with Crippen LogP contribution in [0.2, 0.25) is 0 Å². The summed E-state index contributed by atoms with van der Waals surface area (Å²) in [5.41, 5.74) is 0.884. The molecule has 2 fully saturated rings. The summed E-state index contributed by atoms with van der Waals surface area (Å²) in [7, 11) is 0. The fraction of sp³-hybridized carbons (Fsp3) is 0.867. The molecular weight excluding hydrogens is 196 g/mol. The van der Waals surface area contributed by atoms with Crippen LogP contribution in [0.3, 0.4) is 0 Å². The van der Waals surface area contributed by atoms with Gasteiger partial charge in [0.1, 0.15) is 0 Å². The van der Waals surface area contributed by atoms with E-state index in [1.807, 2.05) is 0 Å². The van der Waals surface area contributed by atoms with Gasteiger partial charge in [-0.05, 0) is 63.2 Å². The van der Waals surface area contributed by atoms with E-state index < -0.39 is 5.60 Å². The number of rotatable bonds is 1. The van der Waals surface area contributed by atoms with Gasteiger partial charge in [0.15, 0.2) is 0 Å². The fourth-order valence-electron chi connectivity index (χ4n) is 3.98. The molecule has 0 bridgehead atoms. The fourth-order valence-corrected chi connectivity index (χ4v) is 3.98. The second-order valence-corrected chi connectivity index (χ2v) is 6.50. The molecule has 2 rings (SSSR count). The Balaban J connectivity index is 2.21. The van der Waals surface area contributed by atoms with E-state index in [-0.39, 0.29) is 0 Å². The molecule has 2 saturated carbocycles. The van der Waals surface area contributed by atoms with Crippen molar-refractivity contribution in [3.05, 3.63) is 12.2 Å². The summed E-state index contributed by atoms with van der Waals surface area (Å²) in [5.74, 6) is 2.68. The first-order valence-electron chi connectivity index (χ1n) is 6.79. The highest BCUT2D eigenvalue weighted by molar-refractivity contribution is 5.04. The standard InChI is InChI=1S/C15H26O/c1-10(2)12-7-8-15(4,16)14-6-5-11(3)13(14)9-12/h11-14,16H,1,5-9H2,2-4H3/t11-,12-,13+,14+,15-/m0/s1. The van der Waals surface area contributed by atoms with Crippen LogP contribution in [0.25, 0.3) is 0 Å². The third-order valence-corrected chi connectivity index (χ3v) is 5.23. The van der Waals surface area contributed by atoms with Gasteiger partial charge in [-0.3, -0.25) is 0 Å². The van der Waals surface area contributed by atoms with Crippen molar-refractivity contribution >= 4 is 0 Å². The predicted molar refractivity (Wildman–Crippen MR) is 68.2 cm³/mol. The molecule has 1 nitrogen and oxygen atoms in total. The van der Waals surface area contributed by atoms with Crippen LogP contribution in [0, 0.1) is 23.7 Å². The Bertz CT molecular complexity index is 279. The Hall–Kier alpha value is -0.300. The monoisotopic (exact) mass is 222 g/mol. The molecule has 0 aromatic rings. The molecule has 0 saturated heterocycles. The number of aliphatic hydroxyl groups is 1. The van der Waals surface area contributed by atoms with Crippen LogP contribution in [0.15, 0.2) is 12.2 Å². The molecule has 0 spiro atoms. The Labute approximate surface area is 99.9 Å². The Kier molecular flexibility index (Phi) is 3.18. The third-order valence-electron chi connectivity index (χ3n) is 5.23. The van der Waals surface area contributed by atoms with Crippen LogP contribution in [0.5, 0.6) is 0 Å². The predicted octanol–water partition coefficient (Wildman–Crippen LogP) is 3.78. The molecule has 92 valence electrons. The van der Waals surface area contributed by atoms with Gasteiger partial charge in [-0.25, -0.2) is 0 Å². The molecule has 5 atom stereocenters. The van der Waals surface area contributed by atoms with Gasteiger partial charge in [0.25, 0.3) is 0 Å². The molecule has 16 heavy (non-hydrogen) atoms. The quantitative estimate of drug-likeness (QED) is 0.669. The highest BCUT2D eigenvalue weighted by Gasteiger charge is 2.46. The molecule has 0 heterocycles. The lowest BCUT2D eigenvalue weighted by Crippen LogP contribution is -2.36. The van der Waals surface area contributed by atoms with Crippen molar-refractivity contribution in [2.45, 2.75) is 58.5 Å². The van der Waals surface area contributed by atoms with E-state index in [0.29, 0.717) is 11.8 Å². The second-order valence-electron chi connectivity index (χ2n) is 6.50. The zero-order valence-electron chi connectivity index (χ0n) is 11.0. The van der Waals surface area contributed by atoms with Gasteiger partial charge in [-0.1, -0.05) is 25.5 Å². The summed E-state index contributed by atoms with van der Waals surface area (Å²) in [6, 6.07) is 0. The average Bonchev–Trinajstić information content (AvgIpc) is 2.47. The highest BCUT2D eigenvalue weighted by Crippen LogP contribution is 2.50. The minimum Gasteiger partial charge on any atom is -0.390 e. The summed E-state index contributed by atoms with van der Waals surface area (Å²) in [6.45, 7) is 10.7. The smallest absolute Gasteiger partial charge is 0.0650 e. The SMILES string of the molecule is C=C(C)[C@H]1CC[C@](C)(O)[C@@H]2CC[C@H](C)[C@H]2C1. The van der Waals surface area contributed by atoms with E-state index in [1.54, 1.807) is 0 Å². The number of hydrogen-bond donors (Lipinski definition) is 1. The lowest BCUT2D eigenvalue weighted by molar-refractivity contribution is -0.0208. The molecule has 1 N–H and O–H groups in total. The molecule has 0 unspecified atom stereocenters. The maximum absolute atomic E-state index is 10.6. The number of allylic oxidation sites excluding steroid dienone is 1. The number of hydrogen-bond acceptors (Lipinski definition) is 1. The van der Waals surface area contributed by atoms with E-state index in [4.69, 9.17) is 0 Å². The van der Waals surface area contributed by atoms with E-state index in [2.05, 4.69) is 27.4 Å². The Morgan fingerprint density at radius 3 is 2.62 bits per heavy atom. The zero-order valence-corrected chi connectivity index (χ0v) is 11.0. The molecule has 0 aliphatic heterocycles. The largest absolute Gasteiger partial charge is 0.390 e. The van der Waals surface area contributed by atoms with Gasteiger partial charge in [0, 0.05) is 0 Å². The zero-order chi connectivity index (χ0) is 11.9. The Morgan fingerprint density at radius 1 is 1.31 bits per heavy atom. The third kappa shape index (κ3) is 2.07. The molecule has 0 amide bonds. The normalized spacial score (nSPS) is 48.5. The molecule has 2 aliphatic rings. The lowest BCUT2D eigenvalue weighted by atomic mass is 9.77. The first kappa shape index (κ1) is 12.2. The average molecular weight is 222 g/mol. The summed E-state index contributed by atoms with van der Waals surface area (Å²) in [4.78, 5) is 0. The van der Waals surface area contributed by atoms with E-state index in [0.717, 1.165) is 24.7 Å². The first-order chi connectivity index (χ1) is 7.42. The van der Waals surface area contributed by atoms with Crippen molar-refractivity contribution in [2.75, 3.05) is 0 Å². The van der Waals surface area contributed by atoms with Crippen molar-refractivity contribution in [1.82, 2.24) is 0 Å². The van der Waals surface area contributed by atoms with E-state index >= 15 is 0 Å². The van der Waals surface area contributed by atoms with Crippen LogP contribution in [-0.2, 0) is 0 Å². The maximum atomic E-state index is 10.6. The molecule has 2 aliphatic carbocycles. The van der Waals surface area contributed by atoms with Crippen LogP contribution in [0.4, 0.5) is 0 Å². The number of fused-ring (bicyclic) bond motifs is 1. The van der Waals surface area contributed by atoms with Gasteiger partial charge >= 0.3 is 0 Å². The maximum Gasteiger partial charge on any atom is 0.0650 e. The molecule has 0 aromatic carbocycles. The van der Waals surface area contributed by atoms with E-state index in [1.165, 1.54) is 24.8 Å². The van der Waals surface area contributed by atoms with Gasteiger partial charge in [-0.15, -0.1) is 0 Å². The van der Waals surface area contributed by atoms with Crippen molar-refractivity contribution in [3.63, 3.8) is 0 Å². The Morgan fingerprint density at radius 2 is 2.00 bits per heavy atom. The highest BCUT2D eigenvalue weighted by atomic mass is 16.3. The summed E-state index contributed by atoms with van der Waals surface area (Å²) in [5, 5.41) is 10.6. The van der Waals surface area contributed by atoms with Gasteiger partial charge < -0.3 is 5.11 Å². The summed E-state index contributed by atoms with van der Waals surface area (Å²) >= 11 is 0. The van der Waals surface area contributed by atoms with Gasteiger partial charge in [0.2, 0.25) is 0 Å². The van der Waals surface area contributed by atoms with E-state index in [9.17, 15) is 5.11 Å². The minimum atomic E-state index is -0.431. The van der Waals surface area contributed by atoms with Crippen molar-refractivity contribution in [3.8, 4) is 0 Å². The summed E-state index contributed by atoms with van der Waals surface area (Å²) in [6.07, 6.45) is 5.87. The lowest BCUT2D eigenvalue weighted by Gasteiger charge is -2.33. The molecule has 0 radical (unpaired) electrons. The first-order valence-corrected chi connectivity index (χ1v) is 6.79. The van der Waals surface area contributed by atoms with Crippen LogP contribution >= 0.6 is 0 Å². The molecule has 0 aromatic heterocycles. The van der Waals surface area contributed by atoms with Crippen LogP contribution in [0.1, 0.15) is 52.9 Å². The minimum absolute atomic E-state index is 0.431. The van der Waals surface area contributed by atoms with Gasteiger partial charge in [0.05, 0.1) is 5.60 Å². The molecular formula is C15H26O. The topological polar surface area (TPSA) is 20.2 Å². The van der Waals surface area contributed by atoms with Crippen LogP contribution in [-0.4, -0.2) is 10.7 Å². The summed E-state index contributed by atoms with van der Waals surface area (Å²) < 4.78 is 0. The van der Waals surface area contributed by atoms with Crippen molar-refractivity contribution in [1.29, 1.82) is 0 Å². The van der Waals surface area contributed by atoms with Crippen molar-refractivity contribution < 1.29 is 5.11 Å². The van der Waals surface area contributed by atoms with Crippen LogP contribution < -0.4 is 0 Å².